The van der Waals surface area contributed by atoms with Crippen LogP contribution in [0.2, 0.25) is 10.2 Å². The molecule has 0 saturated heterocycles. The summed E-state index contributed by atoms with van der Waals surface area (Å²) >= 11 is 11.2. The van der Waals surface area contributed by atoms with Gasteiger partial charge in [0, 0.05) is 11.8 Å². The van der Waals surface area contributed by atoms with Crippen molar-refractivity contribution in [3.8, 4) is 0 Å². The van der Waals surface area contributed by atoms with E-state index in [2.05, 4.69) is 10.1 Å². The second-order valence-corrected chi connectivity index (χ2v) is 2.49. The lowest BCUT2D eigenvalue weighted by Gasteiger charge is -1.96. The second-order valence-electron chi connectivity index (χ2n) is 1.75. The van der Waals surface area contributed by atoms with Gasteiger partial charge in [0.1, 0.15) is 5.15 Å². The first-order chi connectivity index (χ1) is 5.25. The van der Waals surface area contributed by atoms with Crippen molar-refractivity contribution in [3.05, 3.63) is 28.0 Å². The van der Waals surface area contributed by atoms with Crippen molar-refractivity contribution in [1.82, 2.24) is 4.98 Å². The SMILES string of the molecule is O/N=C\c1ccnc(Cl)c1Cl. The molecular weight excluding hydrogens is 187 g/mol. The molecule has 0 unspecified atom stereocenters. The van der Waals surface area contributed by atoms with E-state index in [1.165, 1.54) is 12.4 Å². The Balaban J connectivity index is 3.16. The monoisotopic (exact) mass is 190 g/mol. The molecule has 1 aromatic rings. The Labute approximate surface area is 73.3 Å². The second kappa shape index (κ2) is 3.55. The van der Waals surface area contributed by atoms with Gasteiger partial charge in [-0.2, -0.15) is 0 Å². The average molecular weight is 191 g/mol. The molecule has 58 valence electrons. The number of halogens is 2. The Kier molecular flexibility index (Phi) is 2.68. The van der Waals surface area contributed by atoms with E-state index in [1.54, 1.807) is 6.07 Å². The molecule has 0 atom stereocenters. The summed E-state index contributed by atoms with van der Waals surface area (Å²) in [5.74, 6) is 0. The Morgan fingerprint density at radius 3 is 2.91 bits per heavy atom. The molecule has 0 bridgehead atoms. The van der Waals surface area contributed by atoms with Crippen molar-refractivity contribution in [2.75, 3.05) is 0 Å². The Morgan fingerprint density at radius 2 is 2.27 bits per heavy atom. The van der Waals surface area contributed by atoms with Crippen molar-refractivity contribution in [1.29, 1.82) is 0 Å². The molecule has 0 aliphatic carbocycles. The fraction of sp³-hybridized carbons (Fsp3) is 0. The minimum absolute atomic E-state index is 0.198. The zero-order chi connectivity index (χ0) is 8.27. The number of aromatic nitrogens is 1. The van der Waals surface area contributed by atoms with Gasteiger partial charge in [-0.25, -0.2) is 4.98 Å². The molecule has 3 nitrogen and oxygen atoms in total. The molecule has 1 rings (SSSR count). The zero-order valence-electron chi connectivity index (χ0n) is 5.33. The summed E-state index contributed by atoms with van der Waals surface area (Å²) in [7, 11) is 0. The van der Waals surface area contributed by atoms with Gasteiger partial charge in [-0.15, -0.1) is 0 Å². The Bertz CT molecular complexity index is 288. The van der Waals surface area contributed by atoms with Crippen molar-refractivity contribution in [2.24, 2.45) is 5.16 Å². The molecular formula is C6H4Cl2N2O. The summed E-state index contributed by atoms with van der Waals surface area (Å²) in [6, 6.07) is 1.59. The van der Waals surface area contributed by atoms with Crippen LogP contribution in [-0.2, 0) is 0 Å². The number of hydrogen-bond donors (Lipinski definition) is 1. The maximum Gasteiger partial charge on any atom is 0.148 e. The van der Waals surface area contributed by atoms with Gasteiger partial charge in [-0.05, 0) is 6.07 Å². The van der Waals surface area contributed by atoms with Gasteiger partial charge >= 0.3 is 0 Å². The molecule has 0 spiro atoms. The highest BCUT2D eigenvalue weighted by Gasteiger charge is 2.01. The van der Waals surface area contributed by atoms with Crippen LogP contribution in [0, 0.1) is 0 Å². The molecule has 11 heavy (non-hydrogen) atoms. The standard InChI is InChI=1S/C6H4Cl2N2O/c7-5-4(3-10-11)1-2-9-6(5)8/h1-3,11H/b10-3-. The Hall–Kier alpha value is -0.800. The van der Waals surface area contributed by atoms with Crippen LogP contribution in [0.3, 0.4) is 0 Å². The van der Waals surface area contributed by atoms with E-state index in [1.807, 2.05) is 0 Å². The van der Waals surface area contributed by atoms with E-state index < -0.39 is 0 Å². The fourth-order valence-corrected chi connectivity index (χ4v) is 0.920. The lowest BCUT2D eigenvalue weighted by atomic mass is 10.3. The van der Waals surface area contributed by atoms with Gasteiger partial charge in [-0.1, -0.05) is 28.4 Å². The minimum Gasteiger partial charge on any atom is -0.411 e. The summed E-state index contributed by atoms with van der Waals surface area (Å²) in [5, 5.41) is 11.5. The molecule has 0 radical (unpaired) electrons. The smallest absolute Gasteiger partial charge is 0.148 e. The molecule has 0 aromatic carbocycles. The molecule has 0 fully saturated rings. The fourth-order valence-electron chi connectivity index (χ4n) is 0.594. The third kappa shape index (κ3) is 1.82. The van der Waals surface area contributed by atoms with Crippen LogP contribution in [0.25, 0.3) is 0 Å². The minimum atomic E-state index is 0.198. The van der Waals surface area contributed by atoms with Crippen LogP contribution >= 0.6 is 23.2 Å². The summed E-state index contributed by atoms with van der Waals surface area (Å²) < 4.78 is 0. The predicted molar refractivity (Wildman–Crippen MR) is 43.6 cm³/mol. The molecule has 0 aliphatic heterocycles. The predicted octanol–water partition coefficient (Wildman–Crippen LogP) is 2.20. The van der Waals surface area contributed by atoms with Crippen LogP contribution in [-0.4, -0.2) is 16.4 Å². The normalized spacial score (nSPS) is 10.7. The quantitative estimate of drug-likeness (QED) is 0.320. The van der Waals surface area contributed by atoms with Crippen LogP contribution in [0.15, 0.2) is 17.4 Å². The van der Waals surface area contributed by atoms with E-state index in [0.717, 1.165) is 0 Å². The summed E-state index contributed by atoms with van der Waals surface area (Å²) in [6.07, 6.45) is 2.67. The topological polar surface area (TPSA) is 45.5 Å². The van der Waals surface area contributed by atoms with Crippen molar-refractivity contribution < 1.29 is 5.21 Å². The molecule has 0 saturated carbocycles. The maximum absolute atomic E-state index is 8.18. The van der Waals surface area contributed by atoms with E-state index in [-0.39, 0.29) is 10.2 Å². The van der Waals surface area contributed by atoms with Gasteiger partial charge in [0.25, 0.3) is 0 Å². The third-order valence-electron chi connectivity index (χ3n) is 1.07. The van der Waals surface area contributed by atoms with Crippen LogP contribution in [0.5, 0.6) is 0 Å². The molecule has 1 N–H and O–H groups in total. The van der Waals surface area contributed by atoms with Crippen LogP contribution in [0.1, 0.15) is 5.56 Å². The highest BCUT2D eigenvalue weighted by atomic mass is 35.5. The summed E-state index contributed by atoms with van der Waals surface area (Å²) in [5.41, 5.74) is 0.536. The summed E-state index contributed by atoms with van der Waals surface area (Å²) in [6.45, 7) is 0. The molecule has 1 heterocycles. The first kappa shape index (κ1) is 8.30. The van der Waals surface area contributed by atoms with Crippen molar-refractivity contribution >= 4 is 29.4 Å². The molecule has 0 amide bonds. The van der Waals surface area contributed by atoms with Gasteiger partial charge in [0.2, 0.25) is 0 Å². The Morgan fingerprint density at radius 1 is 1.55 bits per heavy atom. The third-order valence-corrected chi connectivity index (χ3v) is 1.85. The van der Waals surface area contributed by atoms with Gasteiger partial charge < -0.3 is 5.21 Å². The van der Waals surface area contributed by atoms with E-state index in [0.29, 0.717) is 5.56 Å². The first-order valence-corrected chi connectivity index (χ1v) is 3.48. The highest BCUT2D eigenvalue weighted by Crippen LogP contribution is 2.21. The lowest BCUT2D eigenvalue weighted by Crippen LogP contribution is -1.85. The first-order valence-electron chi connectivity index (χ1n) is 2.73. The number of pyridine rings is 1. The van der Waals surface area contributed by atoms with Gasteiger partial charge in [-0.3, -0.25) is 0 Å². The largest absolute Gasteiger partial charge is 0.411 e. The average Bonchev–Trinajstić information content (AvgIpc) is 1.99. The number of rotatable bonds is 1. The number of hydrogen-bond acceptors (Lipinski definition) is 3. The number of oxime groups is 1. The van der Waals surface area contributed by atoms with Crippen molar-refractivity contribution in [3.63, 3.8) is 0 Å². The zero-order valence-corrected chi connectivity index (χ0v) is 6.84. The lowest BCUT2D eigenvalue weighted by molar-refractivity contribution is 0.322. The van der Waals surface area contributed by atoms with E-state index in [4.69, 9.17) is 28.4 Å². The van der Waals surface area contributed by atoms with E-state index >= 15 is 0 Å². The van der Waals surface area contributed by atoms with Gasteiger partial charge in [0.15, 0.2) is 0 Å². The highest BCUT2D eigenvalue weighted by molar-refractivity contribution is 6.42. The molecule has 0 aliphatic rings. The summed E-state index contributed by atoms with van der Waals surface area (Å²) in [4.78, 5) is 3.71. The number of nitrogens with zero attached hydrogens (tertiary/aromatic N) is 2. The molecule has 1 aromatic heterocycles. The van der Waals surface area contributed by atoms with E-state index in [9.17, 15) is 0 Å². The van der Waals surface area contributed by atoms with Crippen LogP contribution in [0.4, 0.5) is 0 Å². The maximum atomic E-state index is 8.18. The van der Waals surface area contributed by atoms with Crippen LogP contribution < -0.4 is 0 Å². The van der Waals surface area contributed by atoms with Gasteiger partial charge in [0.05, 0.1) is 11.2 Å². The molecule has 5 heteroatoms. The van der Waals surface area contributed by atoms with Crippen molar-refractivity contribution in [2.45, 2.75) is 0 Å².